The Kier molecular flexibility index (Phi) is 3.50. The van der Waals surface area contributed by atoms with E-state index in [-0.39, 0.29) is 6.04 Å². The molecule has 92 valence electrons. The number of hydrogen-bond acceptors (Lipinski definition) is 6. The molecule has 2 rings (SSSR count). The highest BCUT2D eigenvalue weighted by atomic mass is 16.5. The summed E-state index contributed by atoms with van der Waals surface area (Å²) in [5.41, 5.74) is 6.92. The number of nitrogens with one attached hydrogen (secondary N) is 1. The maximum atomic E-state index is 5.97. The SMILES string of the molecule is CN(C)Cc1noc([C@H](N)Cc2cnc[nH]2)n1. The van der Waals surface area contributed by atoms with E-state index in [4.69, 9.17) is 10.3 Å². The summed E-state index contributed by atoms with van der Waals surface area (Å²) >= 11 is 0. The molecule has 0 aliphatic rings. The standard InChI is InChI=1S/C10H16N6O/c1-16(2)5-9-14-10(17-15-9)8(11)3-7-4-12-6-13-7/h4,6,8H,3,5,11H2,1-2H3,(H,12,13)/t8-/m1/s1. The molecule has 1 atom stereocenters. The van der Waals surface area contributed by atoms with E-state index in [1.807, 2.05) is 19.0 Å². The van der Waals surface area contributed by atoms with Gasteiger partial charge in [0.1, 0.15) is 0 Å². The second-order valence-corrected chi connectivity index (χ2v) is 4.17. The van der Waals surface area contributed by atoms with E-state index in [1.165, 1.54) is 0 Å². The first-order chi connectivity index (χ1) is 8.15. The molecule has 0 aromatic carbocycles. The summed E-state index contributed by atoms with van der Waals surface area (Å²) in [4.78, 5) is 13.1. The summed E-state index contributed by atoms with van der Waals surface area (Å²) < 4.78 is 5.13. The van der Waals surface area contributed by atoms with Crippen LogP contribution in [-0.2, 0) is 13.0 Å². The number of imidazole rings is 1. The molecule has 0 saturated carbocycles. The molecule has 0 saturated heterocycles. The summed E-state index contributed by atoms with van der Waals surface area (Å²) in [5, 5.41) is 3.87. The van der Waals surface area contributed by atoms with Gasteiger partial charge >= 0.3 is 0 Å². The molecular weight excluding hydrogens is 220 g/mol. The van der Waals surface area contributed by atoms with Gasteiger partial charge < -0.3 is 20.1 Å². The minimum Gasteiger partial charge on any atom is -0.348 e. The number of nitrogens with zero attached hydrogens (tertiary/aromatic N) is 4. The Bertz CT molecular complexity index is 449. The fourth-order valence-corrected chi connectivity index (χ4v) is 1.49. The monoisotopic (exact) mass is 236 g/mol. The lowest BCUT2D eigenvalue weighted by atomic mass is 10.2. The predicted octanol–water partition coefficient (Wildman–Crippen LogP) is 0.0968. The van der Waals surface area contributed by atoms with Crippen LogP contribution in [0.15, 0.2) is 17.0 Å². The molecule has 0 radical (unpaired) electrons. The van der Waals surface area contributed by atoms with Crippen LogP contribution in [0.25, 0.3) is 0 Å². The minimum atomic E-state index is -0.307. The van der Waals surface area contributed by atoms with E-state index in [0.717, 1.165) is 5.69 Å². The maximum Gasteiger partial charge on any atom is 0.244 e. The lowest BCUT2D eigenvalue weighted by Gasteiger charge is -2.04. The summed E-state index contributed by atoms with van der Waals surface area (Å²) in [6.45, 7) is 0.639. The van der Waals surface area contributed by atoms with Crippen LogP contribution in [-0.4, -0.2) is 39.1 Å². The molecule has 0 aliphatic carbocycles. The second kappa shape index (κ2) is 5.07. The van der Waals surface area contributed by atoms with E-state index < -0.39 is 0 Å². The summed E-state index contributed by atoms with van der Waals surface area (Å²) in [7, 11) is 3.89. The molecule has 2 heterocycles. The highest BCUT2D eigenvalue weighted by molar-refractivity contribution is 5.02. The number of aromatic nitrogens is 4. The Morgan fingerprint density at radius 1 is 1.53 bits per heavy atom. The number of hydrogen-bond donors (Lipinski definition) is 2. The molecular formula is C10H16N6O. The van der Waals surface area contributed by atoms with Crippen LogP contribution in [0.1, 0.15) is 23.5 Å². The third-order valence-corrected chi connectivity index (χ3v) is 2.25. The number of rotatable bonds is 5. The quantitative estimate of drug-likeness (QED) is 0.764. The van der Waals surface area contributed by atoms with Gasteiger partial charge in [-0.1, -0.05) is 5.16 Å². The zero-order valence-electron chi connectivity index (χ0n) is 9.92. The molecule has 2 aromatic rings. The van der Waals surface area contributed by atoms with Crippen molar-refractivity contribution in [2.75, 3.05) is 14.1 Å². The van der Waals surface area contributed by atoms with Crippen molar-refractivity contribution in [2.45, 2.75) is 19.0 Å². The number of aromatic amines is 1. The van der Waals surface area contributed by atoms with Crippen molar-refractivity contribution in [1.29, 1.82) is 0 Å². The van der Waals surface area contributed by atoms with Crippen LogP contribution >= 0.6 is 0 Å². The Hall–Kier alpha value is -1.73. The van der Waals surface area contributed by atoms with Crippen molar-refractivity contribution in [3.8, 4) is 0 Å². The molecule has 2 aromatic heterocycles. The minimum absolute atomic E-state index is 0.307. The van der Waals surface area contributed by atoms with Gasteiger partial charge in [-0.15, -0.1) is 0 Å². The summed E-state index contributed by atoms with van der Waals surface area (Å²) in [6, 6.07) is -0.307. The smallest absolute Gasteiger partial charge is 0.244 e. The Morgan fingerprint density at radius 2 is 2.35 bits per heavy atom. The van der Waals surface area contributed by atoms with Crippen LogP contribution in [0.3, 0.4) is 0 Å². The lowest BCUT2D eigenvalue weighted by molar-refractivity contribution is 0.335. The average molecular weight is 236 g/mol. The fraction of sp³-hybridized carbons (Fsp3) is 0.500. The highest BCUT2D eigenvalue weighted by Gasteiger charge is 2.16. The third kappa shape index (κ3) is 3.11. The Balaban J connectivity index is 1.99. The number of H-pyrrole nitrogens is 1. The topological polar surface area (TPSA) is 96.9 Å². The Morgan fingerprint density at radius 3 is 3.00 bits per heavy atom. The van der Waals surface area contributed by atoms with E-state index in [2.05, 4.69) is 20.1 Å². The van der Waals surface area contributed by atoms with Gasteiger partial charge in [-0.05, 0) is 14.1 Å². The van der Waals surface area contributed by atoms with Crippen LogP contribution in [0.4, 0.5) is 0 Å². The van der Waals surface area contributed by atoms with E-state index in [1.54, 1.807) is 12.5 Å². The van der Waals surface area contributed by atoms with Crippen molar-refractivity contribution in [2.24, 2.45) is 5.73 Å². The number of nitrogens with two attached hydrogens (primary N) is 1. The van der Waals surface area contributed by atoms with Crippen LogP contribution in [0, 0.1) is 0 Å². The molecule has 0 aliphatic heterocycles. The molecule has 17 heavy (non-hydrogen) atoms. The van der Waals surface area contributed by atoms with Crippen molar-refractivity contribution in [3.05, 3.63) is 29.9 Å². The molecule has 0 bridgehead atoms. The zero-order valence-corrected chi connectivity index (χ0v) is 9.92. The molecule has 7 heteroatoms. The van der Waals surface area contributed by atoms with Crippen LogP contribution in [0.5, 0.6) is 0 Å². The maximum absolute atomic E-state index is 5.97. The summed E-state index contributed by atoms with van der Waals surface area (Å²) in [6.07, 6.45) is 3.95. The van der Waals surface area contributed by atoms with Crippen molar-refractivity contribution < 1.29 is 4.52 Å². The largest absolute Gasteiger partial charge is 0.348 e. The first-order valence-corrected chi connectivity index (χ1v) is 5.35. The van der Waals surface area contributed by atoms with Gasteiger partial charge in [-0.25, -0.2) is 4.98 Å². The lowest BCUT2D eigenvalue weighted by Crippen LogP contribution is -2.15. The first kappa shape index (κ1) is 11.7. The van der Waals surface area contributed by atoms with Gasteiger partial charge in [0.15, 0.2) is 5.82 Å². The van der Waals surface area contributed by atoms with Crippen molar-refractivity contribution >= 4 is 0 Å². The van der Waals surface area contributed by atoms with E-state index >= 15 is 0 Å². The predicted molar refractivity (Wildman–Crippen MR) is 60.9 cm³/mol. The second-order valence-electron chi connectivity index (χ2n) is 4.17. The average Bonchev–Trinajstić information content (AvgIpc) is 2.87. The first-order valence-electron chi connectivity index (χ1n) is 5.35. The normalized spacial score (nSPS) is 13.2. The van der Waals surface area contributed by atoms with Gasteiger partial charge in [0, 0.05) is 18.3 Å². The third-order valence-electron chi connectivity index (χ3n) is 2.25. The Labute approximate surface area is 99.0 Å². The van der Waals surface area contributed by atoms with Gasteiger partial charge in [0.2, 0.25) is 5.89 Å². The highest BCUT2D eigenvalue weighted by Crippen LogP contribution is 2.12. The molecule has 3 N–H and O–H groups in total. The molecule has 0 unspecified atom stereocenters. The van der Waals surface area contributed by atoms with E-state index in [9.17, 15) is 0 Å². The molecule has 0 spiro atoms. The molecule has 7 nitrogen and oxygen atoms in total. The van der Waals surface area contributed by atoms with Gasteiger partial charge in [0.25, 0.3) is 0 Å². The van der Waals surface area contributed by atoms with E-state index in [0.29, 0.717) is 24.7 Å². The van der Waals surface area contributed by atoms with Crippen LogP contribution in [0.2, 0.25) is 0 Å². The summed E-state index contributed by atoms with van der Waals surface area (Å²) in [5.74, 6) is 1.10. The zero-order chi connectivity index (χ0) is 12.3. The van der Waals surface area contributed by atoms with Crippen molar-refractivity contribution in [1.82, 2.24) is 25.0 Å². The van der Waals surface area contributed by atoms with Gasteiger partial charge in [-0.2, -0.15) is 4.98 Å². The van der Waals surface area contributed by atoms with Crippen LogP contribution < -0.4 is 5.73 Å². The van der Waals surface area contributed by atoms with Crippen molar-refractivity contribution in [3.63, 3.8) is 0 Å². The van der Waals surface area contributed by atoms with Gasteiger partial charge in [-0.3, -0.25) is 0 Å². The molecule has 0 fully saturated rings. The van der Waals surface area contributed by atoms with Gasteiger partial charge in [0.05, 0.1) is 18.9 Å². The molecule has 0 amide bonds. The fourth-order valence-electron chi connectivity index (χ4n) is 1.49.